The van der Waals surface area contributed by atoms with Crippen LogP contribution in [-0.4, -0.2) is 47.5 Å². The highest BCUT2D eigenvalue weighted by molar-refractivity contribution is 5.84. The number of carbonyl (C=O) groups is 2. The summed E-state index contributed by atoms with van der Waals surface area (Å²) in [4.78, 5) is 26.0. The summed E-state index contributed by atoms with van der Waals surface area (Å²) in [7, 11) is 0. The molecule has 0 radical (unpaired) electrons. The fourth-order valence-corrected chi connectivity index (χ4v) is 4.58. The zero-order valence-electron chi connectivity index (χ0n) is 16.7. The Morgan fingerprint density at radius 2 is 1.63 bits per heavy atom. The predicted octanol–water partition coefficient (Wildman–Crippen LogP) is 4.51. The Morgan fingerprint density at radius 3 is 2.17 bits per heavy atom. The van der Waals surface area contributed by atoms with Gasteiger partial charge in [-0.1, -0.05) is 31.4 Å². The van der Waals surface area contributed by atoms with Crippen LogP contribution in [0, 0.1) is 5.92 Å². The van der Waals surface area contributed by atoms with E-state index < -0.39 is 18.4 Å². The fourth-order valence-electron chi connectivity index (χ4n) is 4.58. The van der Waals surface area contributed by atoms with Crippen molar-refractivity contribution in [3.63, 3.8) is 0 Å². The van der Waals surface area contributed by atoms with Crippen LogP contribution in [0.4, 0.5) is 18.0 Å². The van der Waals surface area contributed by atoms with E-state index in [1.54, 1.807) is 17.0 Å². The van der Waals surface area contributed by atoms with Crippen LogP contribution in [0.25, 0.3) is 0 Å². The summed E-state index contributed by atoms with van der Waals surface area (Å²) in [5.74, 6) is -0.591. The lowest BCUT2D eigenvalue weighted by molar-refractivity contribution is -0.274. The Morgan fingerprint density at radius 1 is 1.03 bits per heavy atom. The first-order valence-electron chi connectivity index (χ1n) is 10.4. The van der Waals surface area contributed by atoms with Crippen LogP contribution < -0.4 is 10.1 Å². The summed E-state index contributed by atoms with van der Waals surface area (Å²) in [5.41, 5.74) is 0.701. The molecular weight excluding hydrogens is 401 g/mol. The Balaban J connectivity index is 1.74. The van der Waals surface area contributed by atoms with Crippen molar-refractivity contribution >= 4 is 12.0 Å². The molecule has 1 atom stereocenters. The van der Waals surface area contributed by atoms with Gasteiger partial charge in [-0.25, -0.2) is 4.79 Å². The molecule has 1 heterocycles. The van der Waals surface area contributed by atoms with Crippen LogP contribution >= 0.6 is 0 Å². The number of amides is 2. The maximum absolute atomic E-state index is 13.4. The van der Waals surface area contributed by atoms with Crippen molar-refractivity contribution in [1.82, 2.24) is 10.2 Å². The van der Waals surface area contributed by atoms with E-state index in [-0.39, 0.29) is 23.6 Å². The minimum Gasteiger partial charge on any atom is -0.465 e. The molecule has 3 rings (SSSR count). The second-order valence-electron chi connectivity index (χ2n) is 8.04. The van der Waals surface area contributed by atoms with E-state index in [1.165, 1.54) is 12.1 Å². The van der Waals surface area contributed by atoms with Gasteiger partial charge in [-0.2, -0.15) is 0 Å². The van der Waals surface area contributed by atoms with E-state index >= 15 is 0 Å². The molecule has 1 aromatic carbocycles. The average Bonchev–Trinajstić information content (AvgIpc) is 2.69. The van der Waals surface area contributed by atoms with Gasteiger partial charge < -0.3 is 20.1 Å². The Bertz CT molecular complexity index is 725. The monoisotopic (exact) mass is 428 g/mol. The van der Waals surface area contributed by atoms with Gasteiger partial charge in [0.2, 0.25) is 5.91 Å². The van der Waals surface area contributed by atoms with Gasteiger partial charge in [0.1, 0.15) is 5.75 Å². The topological polar surface area (TPSA) is 78.9 Å². The molecule has 0 spiro atoms. The number of carboxylic acid groups (broad SMARTS) is 1. The van der Waals surface area contributed by atoms with Gasteiger partial charge in [-0.15, -0.1) is 13.2 Å². The molecule has 6 nitrogen and oxygen atoms in total. The molecule has 9 heteroatoms. The van der Waals surface area contributed by atoms with Gasteiger partial charge in [0, 0.05) is 19.1 Å². The normalized spacial score (nSPS) is 19.9. The molecule has 0 bridgehead atoms. The number of likely N-dealkylation sites (tertiary alicyclic amines) is 1. The van der Waals surface area contributed by atoms with E-state index in [2.05, 4.69) is 10.1 Å². The van der Waals surface area contributed by atoms with Crippen LogP contribution in [-0.2, 0) is 4.79 Å². The van der Waals surface area contributed by atoms with E-state index in [1.807, 2.05) is 0 Å². The highest BCUT2D eigenvalue weighted by Crippen LogP contribution is 2.38. The number of piperidine rings is 1. The first kappa shape index (κ1) is 22.2. The second kappa shape index (κ2) is 9.57. The quantitative estimate of drug-likeness (QED) is 0.724. The maximum atomic E-state index is 13.4. The fraction of sp³-hybridized carbons (Fsp3) is 0.619. The number of alkyl halides is 3. The van der Waals surface area contributed by atoms with Gasteiger partial charge in [0.25, 0.3) is 0 Å². The Labute approximate surface area is 173 Å². The standard InChI is InChI=1S/C21H27F3N2O4/c22-21(23,24)30-17-8-6-15(7-9-17)18(14-4-2-1-3-5-14)19(27)26-12-10-16(11-13-26)25-20(28)29/h6-9,14,16,18,25H,1-5,10-13H2,(H,28,29). The van der Waals surface area contributed by atoms with Gasteiger partial charge in [0.05, 0.1) is 5.92 Å². The Hall–Kier alpha value is -2.45. The third-order valence-corrected chi connectivity index (χ3v) is 5.99. The summed E-state index contributed by atoms with van der Waals surface area (Å²) >= 11 is 0. The van der Waals surface area contributed by atoms with Gasteiger partial charge in [0.15, 0.2) is 0 Å². The lowest BCUT2D eigenvalue weighted by Crippen LogP contribution is -2.48. The summed E-state index contributed by atoms with van der Waals surface area (Å²) < 4.78 is 41.3. The highest BCUT2D eigenvalue weighted by atomic mass is 19.4. The second-order valence-corrected chi connectivity index (χ2v) is 8.04. The lowest BCUT2D eigenvalue weighted by Gasteiger charge is -2.37. The molecule has 30 heavy (non-hydrogen) atoms. The van der Waals surface area contributed by atoms with Crippen LogP contribution in [0.2, 0.25) is 0 Å². The lowest BCUT2D eigenvalue weighted by atomic mass is 9.76. The molecule has 2 aliphatic rings. The first-order valence-corrected chi connectivity index (χ1v) is 10.4. The number of benzene rings is 1. The molecule has 1 aliphatic carbocycles. The molecule has 2 fully saturated rings. The summed E-state index contributed by atoms with van der Waals surface area (Å²) in [6, 6.07) is 5.45. The van der Waals surface area contributed by atoms with Crippen molar-refractivity contribution in [1.29, 1.82) is 0 Å². The number of carbonyl (C=O) groups excluding carboxylic acids is 1. The molecule has 0 aromatic heterocycles. The average molecular weight is 428 g/mol. The predicted molar refractivity (Wildman–Crippen MR) is 103 cm³/mol. The first-order chi connectivity index (χ1) is 14.2. The highest BCUT2D eigenvalue weighted by Gasteiger charge is 2.36. The molecule has 2 amide bonds. The number of halogens is 3. The SMILES string of the molecule is O=C(O)NC1CCN(C(=O)C(c2ccc(OC(F)(F)F)cc2)C2CCCCC2)CC1. The number of rotatable bonds is 5. The summed E-state index contributed by atoms with van der Waals surface area (Å²) in [5, 5.41) is 11.3. The molecule has 1 aromatic rings. The minimum atomic E-state index is -4.76. The minimum absolute atomic E-state index is 0.0276. The van der Waals surface area contributed by atoms with Crippen molar-refractivity contribution in [2.45, 2.75) is 63.3 Å². The molecule has 2 N–H and O–H groups in total. The van der Waals surface area contributed by atoms with E-state index in [0.29, 0.717) is 31.5 Å². The number of nitrogens with zero attached hydrogens (tertiary/aromatic N) is 1. The van der Waals surface area contributed by atoms with Gasteiger partial charge in [-0.3, -0.25) is 4.79 Å². The van der Waals surface area contributed by atoms with Gasteiger partial charge >= 0.3 is 12.5 Å². The van der Waals surface area contributed by atoms with E-state index in [0.717, 1.165) is 32.1 Å². The number of ether oxygens (including phenoxy) is 1. The summed E-state index contributed by atoms with van der Waals surface area (Å²) in [6.45, 7) is 0.921. The zero-order valence-corrected chi connectivity index (χ0v) is 16.7. The van der Waals surface area contributed by atoms with Crippen molar-refractivity contribution in [2.75, 3.05) is 13.1 Å². The van der Waals surface area contributed by atoms with Crippen LogP contribution in [0.15, 0.2) is 24.3 Å². The number of hydrogen-bond donors (Lipinski definition) is 2. The molecule has 1 aliphatic heterocycles. The molecule has 1 saturated heterocycles. The third-order valence-electron chi connectivity index (χ3n) is 5.99. The number of nitrogens with one attached hydrogen (secondary N) is 1. The molecule has 166 valence electrons. The summed E-state index contributed by atoms with van der Waals surface area (Å²) in [6.07, 6.45) is 0.296. The van der Waals surface area contributed by atoms with Crippen LogP contribution in [0.1, 0.15) is 56.4 Å². The third kappa shape index (κ3) is 6.03. The smallest absolute Gasteiger partial charge is 0.465 e. The zero-order chi connectivity index (χ0) is 21.7. The van der Waals surface area contributed by atoms with Crippen LogP contribution in [0.5, 0.6) is 5.75 Å². The van der Waals surface area contributed by atoms with Crippen molar-refractivity contribution < 1.29 is 32.6 Å². The largest absolute Gasteiger partial charge is 0.573 e. The van der Waals surface area contributed by atoms with E-state index in [9.17, 15) is 22.8 Å². The van der Waals surface area contributed by atoms with Gasteiger partial charge in [-0.05, 0) is 49.3 Å². The Kier molecular flexibility index (Phi) is 7.10. The van der Waals surface area contributed by atoms with Crippen LogP contribution in [0.3, 0.4) is 0 Å². The van der Waals surface area contributed by atoms with Crippen molar-refractivity contribution in [3.8, 4) is 5.75 Å². The molecule has 1 saturated carbocycles. The van der Waals surface area contributed by atoms with E-state index in [4.69, 9.17) is 5.11 Å². The molecular formula is C21H27F3N2O4. The molecule has 1 unspecified atom stereocenters. The van der Waals surface area contributed by atoms with Crippen molar-refractivity contribution in [3.05, 3.63) is 29.8 Å². The van der Waals surface area contributed by atoms with Crippen molar-refractivity contribution in [2.24, 2.45) is 5.92 Å². The maximum Gasteiger partial charge on any atom is 0.573 e. The number of hydrogen-bond acceptors (Lipinski definition) is 3.